The highest BCUT2D eigenvalue weighted by atomic mass is 16.3. The minimum atomic E-state index is -0.631. The van der Waals surface area contributed by atoms with Crippen LogP contribution >= 0.6 is 0 Å². The number of piperidine rings is 1. The zero-order valence-corrected chi connectivity index (χ0v) is 15.0. The Morgan fingerprint density at radius 3 is 1.88 bits per heavy atom. The number of rotatable bonds is 5. The molecule has 1 N–H and O–H groups in total. The van der Waals surface area contributed by atoms with Gasteiger partial charge in [0.05, 0.1) is 11.6 Å². The van der Waals surface area contributed by atoms with Crippen molar-refractivity contribution in [2.45, 2.75) is 24.5 Å². The number of carbonyl (C=O) groups is 1. The first-order chi connectivity index (χ1) is 12.7. The Kier molecular flexibility index (Phi) is 4.79. The molecule has 2 aromatic carbocycles. The maximum absolute atomic E-state index is 11.1. The topological polar surface area (TPSA) is 43.8 Å². The molecule has 2 aromatic rings. The van der Waals surface area contributed by atoms with Gasteiger partial charge in [0.1, 0.15) is 0 Å². The van der Waals surface area contributed by atoms with Crippen molar-refractivity contribution in [3.8, 4) is 0 Å². The number of carbonyl (C=O) groups excluding carboxylic acids is 1. The van der Waals surface area contributed by atoms with Crippen LogP contribution in [0, 0.1) is 5.92 Å². The minimum absolute atomic E-state index is 0.229. The van der Waals surface area contributed by atoms with Crippen LogP contribution < -0.4 is 0 Å². The van der Waals surface area contributed by atoms with Crippen LogP contribution in [0.3, 0.4) is 0 Å². The molecule has 1 amide bonds. The van der Waals surface area contributed by atoms with E-state index < -0.39 is 5.60 Å². The van der Waals surface area contributed by atoms with E-state index in [-0.39, 0.29) is 12.0 Å². The van der Waals surface area contributed by atoms with Gasteiger partial charge in [-0.05, 0) is 24.0 Å². The number of nitrogens with zero attached hydrogens (tertiary/aromatic N) is 2. The molecule has 2 aliphatic rings. The molecule has 4 rings (SSSR count). The number of hydrogen-bond acceptors (Lipinski definition) is 3. The highest BCUT2D eigenvalue weighted by molar-refractivity contribution is 5.47. The van der Waals surface area contributed by atoms with Crippen molar-refractivity contribution in [3.05, 3.63) is 71.8 Å². The van der Waals surface area contributed by atoms with Crippen molar-refractivity contribution < 1.29 is 9.90 Å². The van der Waals surface area contributed by atoms with Crippen LogP contribution in [0.4, 0.5) is 0 Å². The lowest BCUT2D eigenvalue weighted by Gasteiger charge is -2.53. The van der Waals surface area contributed by atoms with Crippen molar-refractivity contribution in [3.63, 3.8) is 0 Å². The van der Waals surface area contributed by atoms with E-state index in [9.17, 15) is 9.90 Å². The lowest BCUT2D eigenvalue weighted by Crippen LogP contribution is -2.61. The SMILES string of the molecule is O=CN1CCC(O)(C2CN(C(c3ccccc3)c3ccccc3)C2)CC1. The highest BCUT2D eigenvalue weighted by Gasteiger charge is 2.47. The van der Waals surface area contributed by atoms with E-state index in [1.54, 1.807) is 4.90 Å². The Morgan fingerprint density at radius 2 is 1.42 bits per heavy atom. The predicted molar refractivity (Wildman–Crippen MR) is 102 cm³/mol. The fraction of sp³-hybridized carbons (Fsp3) is 0.409. The minimum Gasteiger partial charge on any atom is -0.389 e. The Labute approximate surface area is 155 Å². The van der Waals surface area contributed by atoms with Gasteiger partial charge < -0.3 is 10.0 Å². The summed E-state index contributed by atoms with van der Waals surface area (Å²) in [5, 5.41) is 11.1. The summed E-state index contributed by atoms with van der Waals surface area (Å²) >= 11 is 0. The Morgan fingerprint density at radius 1 is 0.923 bits per heavy atom. The molecule has 0 unspecified atom stereocenters. The van der Waals surface area contributed by atoms with Gasteiger partial charge in [0.2, 0.25) is 6.41 Å². The second-order valence-corrected chi connectivity index (χ2v) is 7.62. The maximum Gasteiger partial charge on any atom is 0.209 e. The third-order valence-corrected chi connectivity index (χ3v) is 6.08. The standard InChI is InChI=1S/C22H26N2O2/c25-17-23-13-11-22(26,12-14-23)20-15-24(16-20)21(18-7-3-1-4-8-18)19-9-5-2-6-10-19/h1-10,17,20-21,26H,11-16H2. The first kappa shape index (κ1) is 17.3. The molecule has 0 bridgehead atoms. The van der Waals surface area contributed by atoms with Crippen LogP contribution in [0.15, 0.2) is 60.7 Å². The summed E-state index contributed by atoms with van der Waals surface area (Å²) in [4.78, 5) is 15.1. The van der Waals surface area contributed by atoms with Crippen molar-refractivity contribution in [1.29, 1.82) is 0 Å². The molecule has 2 saturated heterocycles. The molecular weight excluding hydrogens is 324 g/mol. The quantitative estimate of drug-likeness (QED) is 0.843. The largest absolute Gasteiger partial charge is 0.389 e. The molecule has 2 aliphatic heterocycles. The van der Waals surface area contributed by atoms with Gasteiger partial charge in [0.25, 0.3) is 0 Å². The molecule has 0 saturated carbocycles. The van der Waals surface area contributed by atoms with Gasteiger partial charge in [0, 0.05) is 32.1 Å². The normalized spacial score (nSPS) is 20.8. The van der Waals surface area contributed by atoms with E-state index in [0.29, 0.717) is 25.9 Å². The Hall–Kier alpha value is -2.17. The Balaban J connectivity index is 1.49. The third kappa shape index (κ3) is 3.27. The maximum atomic E-state index is 11.1. The number of likely N-dealkylation sites (tertiary alicyclic amines) is 2. The van der Waals surface area contributed by atoms with Gasteiger partial charge in [-0.1, -0.05) is 60.7 Å². The van der Waals surface area contributed by atoms with Crippen LogP contribution in [0.25, 0.3) is 0 Å². The van der Waals surface area contributed by atoms with E-state index in [2.05, 4.69) is 53.4 Å². The molecule has 0 aliphatic carbocycles. The van der Waals surface area contributed by atoms with Gasteiger partial charge in [-0.15, -0.1) is 0 Å². The number of hydrogen-bond donors (Lipinski definition) is 1. The highest BCUT2D eigenvalue weighted by Crippen LogP contribution is 2.41. The fourth-order valence-electron chi connectivity index (χ4n) is 4.37. The fourth-order valence-corrected chi connectivity index (χ4v) is 4.37. The molecule has 136 valence electrons. The van der Waals surface area contributed by atoms with Crippen LogP contribution in [-0.4, -0.2) is 53.1 Å². The van der Waals surface area contributed by atoms with Gasteiger partial charge in [-0.2, -0.15) is 0 Å². The lowest BCUT2D eigenvalue weighted by atomic mass is 9.74. The molecular formula is C22H26N2O2. The van der Waals surface area contributed by atoms with E-state index in [1.165, 1.54) is 11.1 Å². The average Bonchev–Trinajstić information content (AvgIpc) is 2.66. The van der Waals surface area contributed by atoms with Gasteiger partial charge in [0.15, 0.2) is 0 Å². The monoisotopic (exact) mass is 350 g/mol. The summed E-state index contributed by atoms with van der Waals surface area (Å²) < 4.78 is 0. The second kappa shape index (κ2) is 7.22. The molecule has 0 radical (unpaired) electrons. The van der Waals surface area contributed by atoms with Crippen molar-refractivity contribution >= 4 is 6.41 Å². The van der Waals surface area contributed by atoms with Crippen LogP contribution in [0.1, 0.15) is 30.0 Å². The number of aliphatic hydroxyl groups is 1. The number of benzene rings is 2. The molecule has 4 nitrogen and oxygen atoms in total. The van der Waals surface area contributed by atoms with Gasteiger partial charge in [-0.25, -0.2) is 0 Å². The summed E-state index contributed by atoms with van der Waals surface area (Å²) in [6, 6.07) is 21.4. The lowest BCUT2D eigenvalue weighted by molar-refractivity contribution is -0.136. The van der Waals surface area contributed by atoms with Crippen molar-refractivity contribution in [2.75, 3.05) is 26.2 Å². The van der Waals surface area contributed by atoms with Gasteiger partial charge >= 0.3 is 0 Å². The summed E-state index contributed by atoms with van der Waals surface area (Å²) in [7, 11) is 0. The smallest absolute Gasteiger partial charge is 0.209 e. The van der Waals surface area contributed by atoms with E-state index in [1.807, 2.05) is 12.1 Å². The zero-order valence-electron chi connectivity index (χ0n) is 15.0. The molecule has 26 heavy (non-hydrogen) atoms. The van der Waals surface area contributed by atoms with Crippen molar-refractivity contribution in [1.82, 2.24) is 9.80 Å². The number of amides is 1. The van der Waals surface area contributed by atoms with Crippen LogP contribution in [-0.2, 0) is 4.79 Å². The van der Waals surface area contributed by atoms with E-state index in [0.717, 1.165) is 19.5 Å². The van der Waals surface area contributed by atoms with Crippen LogP contribution in [0.5, 0.6) is 0 Å². The Bertz CT molecular complexity index is 681. The average molecular weight is 350 g/mol. The zero-order chi connectivity index (χ0) is 18.0. The van der Waals surface area contributed by atoms with E-state index in [4.69, 9.17) is 0 Å². The molecule has 2 heterocycles. The summed E-state index contributed by atoms with van der Waals surface area (Å²) in [5.74, 6) is 0.284. The van der Waals surface area contributed by atoms with E-state index >= 15 is 0 Å². The molecule has 0 spiro atoms. The molecule has 0 atom stereocenters. The summed E-state index contributed by atoms with van der Waals surface area (Å²) in [6.45, 7) is 3.12. The predicted octanol–water partition coefficient (Wildman–Crippen LogP) is 2.69. The molecule has 4 heteroatoms. The van der Waals surface area contributed by atoms with Crippen LogP contribution in [0.2, 0.25) is 0 Å². The molecule has 0 aromatic heterocycles. The summed E-state index contributed by atoms with van der Waals surface area (Å²) in [5.41, 5.74) is 1.95. The third-order valence-electron chi connectivity index (χ3n) is 6.08. The first-order valence-corrected chi connectivity index (χ1v) is 9.45. The van der Waals surface area contributed by atoms with Crippen molar-refractivity contribution in [2.24, 2.45) is 5.92 Å². The van der Waals surface area contributed by atoms with Gasteiger partial charge in [-0.3, -0.25) is 9.69 Å². The summed E-state index contributed by atoms with van der Waals surface area (Å²) in [6.07, 6.45) is 2.27. The first-order valence-electron chi connectivity index (χ1n) is 9.45. The molecule has 2 fully saturated rings. The second-order valence-electron chi connectivity index (χ2n) is 7.62.